The molecule has 3 rings (SSSR count). The van der Waals surface area contributed by atoms with Crippen LogP contribution in [0.2, 0.25) is 0 Å². The Morgan fingerprint density at radius 1 is 1.07 bits per heavy atom. The Balaban J connectivity index is 1.60. The summed E-state index contributed by atoms with van der Waals surface area (Å²) in [5.74, 6) is 1.69. The number of hydrogen-bond donors (Lipinski definition) is 0. The standard InChI is InChI=1S/C20H22F3N3O3/c1-28-16-4-5-17(29-2)14(11-16)12-19(27)26-9-7-25(8-10-26)18-6-3-15(13-24-18)20(21,22)23/h3-6,11,13H,7-10,12H2,1-2H3. The Labute approximate surface area is 166 Å². The first-order valence-electron chi connectivity index (χ1n) is 9.08. The molecule has 6 nitrogen and oxygen atoms in total. The van der Waals surface area contributed by atoms with Crippen LogP contribution in [0.4, 0.5) is 19.0 Å². The molecule has 0 spiro atoms. The highest BCUT2D eigenvalue weighted by Gasteiger charge is 2.31. The number of pyridine rings is 1. The van der Waals surface area contributed by atoms with Gasteiger partial charge in [0.25, 0.3) is 0 Å². The number of piperazine rings is 1. The maximum absolute atomic E-state index is 12.7. The molecule has 9 heteroatoms. The van der Waals surface area contributed by atoms with Crippen molar-refractivity contribution in [3.63, 3.8) is 0 Å². The van der Waals surface area contributed by atoms with Crippen LogP contribution in [0, 0.1) is 0 Å². The number of hydrogen-bond acceptors (Lipinski definition) is 5. The highest BCUT2D eigenvalue weighted by atomic mass is 19.4. The van der Waals surface area contributed by atoms with Crippen molar-refractivity contribution in [3.05, 3.63) is 47.7 Å². The number of alkyl halides is 3. The molecule has 0 atom stereocenters. The van der Waals surface area contributed by atoms with Gasteiger partial charge >= 0.3 is 6.18 Å². The van der Waals surface area contributed by atoms with Crippen LogP contribution >= 0.6 is 0 Å². The van der Waals surface area contributed by atoms with Crippen molar-refractivity contribution in [1.82, 2.24) is 9.88 Å². The number of halogens is 3. The maximum atomic E-state index is 12.7. The third-order valence-electron chi connectivity index (χ3n) is 4.86. The topological polar surface area (TPSA) is 54.9 Å². The van der Waals surface area contributed by atoms with Crippen molar-refractivity contribution >= 4 is 11.7 Å². The van der Waals surface area contributed by atoms with Crippen molar-refractivity contribution in [2.75, 3.05) is 45.3 Å². The van der Waals surface area contributed by atoms with E-state index in [1.54, 1.807) is 37.3 Å². The van der Waals surface area contributed by atoms with Crippen LogP contribution in [-0.2, 0) is 17.4 Å². The second-order valence-electron chi connectivity index (χ2n) is 6.63. The number of nitrogens with zero attached hydrogens (tertiary/aromatic N) is 3. The van der Waals surface area contributed by atoms with Gasteiger partial charge in [0.15, 0.2) is 0 Å². The Hall–Kier alpha value is -2.97. The van der Waals surface area contributed by atoms with Gasteiger partial charge in [-0.2, -0.15) is 13.2 Å². The average molecular weight is 409 g/mol. The van der Waals surface area contributed by atoms with Crippen molar-refractivity contribution in [2.45, 2.75) is 12.6 Å². The van der Waals surface area contributed by atoms with E-state index in [1.807, 2.05) is 4.90 Å². The van der Waals surface area contributed by atoms with Gasteiger partial charge in [-0.25, -0.2) is 4.98 Å². The molecule has 1 aromatic carbocycles. The number of benzene rings is 1. The van der Waals surface area contributed by atoms with Gasteiger partial charge in [0, 0.05) is 37.9 Å². The number of carbonyl (C=O) groups excluding carboxylic acids is 1. The SMILES string of the molecule is COc1ccc(OC)c(CC(=O)N2CCN(c3ccc(C(F)(F)F)cn3)CC2)c1. The second-order valence-corrected chi connectivity index (χ2v) is 6.63. The molecule has 0 radical (unpaired) electrons. The zero-order valence-electron chi connectivity index (χ0n) is 16.2. The minimum Gasteiger partial charge on any atom is -0.497 e. The second kappa shape index (κ2) is 8.59. The van der Waals surface area contributed by atoms with Crippen LogP contribution < -0.4 is 14.4 Å². The number of amides is 1. The molecule has 0 bridgehead atoms. The number of aromatic nitrogens is 1. The summed E-state index contributed by atoms with van der Waals surface area (Å²) in [5.41, 5.74) is -0.0361. The van der Waals surface area contributed by atoms with Crippen molar-refractivity contribution in [3.8, 4) is 11.5 Å². The molecule has 1 saturated heterocycles. The van der Waals surface area contributed by atoms with Gasteiger partial charge in [-0.1, -0.05) is 0 Å². The lowest BCUT2D eigenvalue weighted by atomic mass is 10.1. The molecule has 29 heavy (non-hydrogen) atoms. The normalized spacial score (nSPS) is 14.7. The third kappa shape index (κ3) is 4.90. The Morgan fingerprint density at radius 3 is 2.34 bits per heavy atom. The summed E-state index contributed by atoms with van der Waals surface area (Å²) in [6.45, 7) is 1.93. The molecule has 1 amide bonds. The lowest BCUT2D eigenvalue weighted by Crippen LogP contribution is -2.49. The number of methoxy groups -OCH3 is 2. The first-order valence-corrected chi connectivity index (χ1v) is 9.08. The molecule has 2 aromatic rings. The van der Waals surface area contributed by atoms with Gasteiger partial charge in [0.05, 0.1) is 26.2 Å². The van der Waals surface area contributed by atoms with Gasteiger partial charge < -0.3 is 19.3 Å². The van der Waals surface area contributed by atoms with Gasteiger partial charge in [-0.05, 0) is 30.3 Å². The molecule has 0 saturated carbocycles. The molecule has 1 fully saturated rings. The fourth-order valence-electron chi connectivity index (χ4n) is 3.22. The lowest BCUT2D eigenvalue weighted by molar-refractivity contribution is -0.137. The Morgan fingerprint density at radius 2 is 1.79 bits per heavy atom. The summed E-state index contributed by atoms with van der Waals surface area (Å²) in [5, 5.41) is 0. The minimum atomic E-state index is -4.40. The maximum Gasteiger partial charge on any atom is 0.417 e. The molecular weight excluding hydrogens is 387 g/mol. The zero-order chi connectivity index (χ0) is 21.0. The first-order chi connectivity index (χ1) is 13.8. The van der Waals surface area contributed by atoms with Gasteiger partial charge in [0.2, 0.25) is 5.91 Å². The molecule has 0 N–H and O–H groups in total. The van der Waals surface area contributed by atoms with Crippen LogP contribution in [0.1, 0.15) is 11.1 Å². The fraction of sp³-hybridized carbons (Fsp3) is 0.400. The number of ether oxygens (including phenoxy) is 2. The summed E-state index contributed by atoms with van der Waals surface area (Å²) in [6, 6.07) is 7.69. The van der Waals surface area contributed by atoms with Crippen LogP contribution in [-0.4, -0.2) is 56.2 Å². The quantitative estimate of drug-likeness (QED) is 0.760. The van der Waals surface area contributed by atoms with E-state index in [0.29, 0.717) is 43.5 Å². The van der Waals surface area contributed by atoms with Gasteiger partial charge in [0.1, 0.15) is 17.3 Å². The summed E-state index contributed by atoms with van der Waals surface area (Å²) >= 11 is 0. The van der Waals surface area contributed by atoms with Gasteiger partial charge in [-0.3, -0.25) is 4.79 Å². The summed E-state index contributed by atoms with van der Waals surface area (Å²) in [6.07, 6.45) is -3.39. The molecule has 1 aliphatic heterocycles. The van der Waals surface area contributed by atoms with Crippen LogP contribution in [0.15, 0.2) is 36.5 Å². The number of anilines is 1. The van der Waals surface area contributed by atoms with E-state index < -0.39 is 11.7 Å². The first kappa shape index (κ1) is 20.8. The monoisotopic (exact) mass is 409 g/mol. The van der Waals surface area contributed by atoms with Crippen LogP contribution in [0.5, 0.6) is 11.5 Å². The third-order valence-corrected chi connectivity index (χ3v) is 4.86. The predicted molar refractivity (Wildman–Crippen MR) is 101 cm³/mol. The van der Waals surface area contributed by atoms with E-state index in [1.165, 1.54) is 6.07 Å². The zero-order valence-corrected chi connectivity index (χ0v) is 16.2. The summed E-state index contributed by atoms with van der Waals surface area (Å²) < 4.78 is 48.5. The van der Waals surface area contributed by atoms with Gasteiger partial charge in [-0.15, -0.1) is 0 Å². The highest BCUT2D eigenvalue weighted by molar-refractivity contribution is 5.80. The fourth-order valence-corrected chi connectivity index (χ4v) is 3.22. The van der Waals surface area contributed by atoms with E-state index in [-0.39, 0.29) is 12.3 Å². The van der Waals surface area contributed by atoms with Crippen molar-refractivity contribution in [1.29, 1.82) is 0 Å². The summed E-state index contributed by atoms with van der Waals surface area (Å²) in [4.78, 5) is 20.2. The minimum absolute atomic E-state index is 0.0448. The van der Waals surface area contributed by atoms with Crippen LogP contribution in [0.25, 0.3) is 0 Å². The van der Waals surface area contributed by atoms with E-state index in [0.717, 1.165) is 17.8 Å². The highest BCUT2D eigenvalue weighted by Crippen LogP contribution is 2.29. The Bertz CT molecular complexity index is 848. The van der Waals surface area contributed by atoms with E-state index >= 15 is 0 Å². The average Bonchev–Trinajstić information content (AvgIpc) is 2.73. The largest absolute Gasteiger partial charge is 0.497 e. The molecule has 0 unspecified atom stereocenters. The summed E-state index contributed by atoms with van der Waals surface area (Å²) in [7, 11) is 3.10. The molecular formula is C20H22F3N3O3. The van der Waals surface area contributed by atoms with E-state index in [2.05, 4.69) is 4.98 Å². The van der Waals surface area contributed by atoms with E-state index in [4.69, 9.17) is 9.47 Å². The van der Waals surface area contributed by atoms with Crippen molar-refractivity contribution in [2.24, 2.45) is 0 Å². The molecule has 1 aliphatic rings. The lowest BCUT2D eigenvalue weighted by Gasteiger charge is -2.35. The van der Waals surface area contributed by atoms with Crippen LogP contribution in [0.3, 0.4) is 0 Å². The molecule has 1 aromatic heterocycles. The van der Waals surface area contributed by atoms with Crippen molar-refractivity contribution < 1.29 is 27.4 Å². The number of rotatable bonds is 5. The molecule has 0 aliphatic carbocycles. The predicted octanol–water partition coefficient (Wildman–Crippen LogP) is 3.01. The molecule has 2 heterocycles. The Kier molecular flexibility index (Phi) is 6.14. The molecule has 156 valence electrons. The smallest absolute Gasteiger partial charge is 0.417 e. The number of carbonyl (C=O) groups is 1. The van der Waals surface area contributed by atoms with E-state index in [9.17, 15) is 18.0 Å².